The molecule has 2 aromatic rings. The first-order chi connectivity index (χ1) is 10.7. The van der Waals surface area contributed by atoms with E-state index in [0.29, 0.717) is 24.2 Å². The lowest BCUT2D eigenvalue weighted by molar-refractivity contribution is -0.137. The molecule has 124 valence electrons. The highest BCUT2D eigenvalue weighted by molar-refractivity contribution is 5.96. The summed E-state index contributed by atoms with van der Waals surface area (Å²) in [5, 5.41) is 6.95. The van der Waals surface area contributed by atoms with Gasteiger partial charge in [-0.05, 0) is 38.0 Å². The lowest BCUT2D eigenvalue weighted by Gasteiger charge is -2.08. The first-order valence-corrected chi connectivity index (χ1v) is 7.14. The Labute approximate surface area is 132 Å². The smallest absolute Gasteiger partial charge is 0.352 e. The van der Waals surface area contributed by atoms with Gasteiger partial charge in [0, 0.05) is 19.3 Å². The van der Waals surface area contributed by atoms with Crippen LogP contribution in [0.2, 0.25) is 0 Å². The molecule has 0 fully saturated rings. The minimum absolute atomic E-state index is 0.222. The van der Waals surface area contributed by atoms with Crippen LogP contribution in [-0.2, 0) is 19.6 Å². The van der Waals surface area contributed by atoms with Crippen LogP contribution >= 0.6 is 0 Å². The van der Waals surface area contributed by atoms with Crippen LogP contribution in [0.4, 0.5) is 13.2 Å². The van der Waals surface area contributed by atoms with E-state index in [1.807, 2.05) is 6.92 Å². The Bertz CT molecular complexity index is 703. The number of hydrogen-bond donors (Lipinski definition) is 1. The fourth-order valence-electron chi connectivity index (χ4n) is 2.37. The summed E-state index contributed by atoms with van der Waals surface area (Å²) in [5.41, 5.74) is 2.02. The van der Waals surface area contributed by atoms with E-state index in [0.717, 1.165) is 23.4 Å². The van der Waals surface area contributed by atoms with Crippen molar-refractivity contribution in [2.24, 2.45) is 7.05 Å². The second-order valence-corrected chi connectivity index (χ2v) is 5.37. The van der Waals surface area contributed by atoms with E-state index in [1.54, 1.807) is 18.7 Å². The molecule has 0 saturated carbocycles. The van der Waals surface area contributed by atoms with E-state index in [-0.39, 0.29) is 5.91 Å². The van der Waals surface area contributed by atoms with Crippen molar-refractivity contribution in [1.29, 1.82) is 0 Å². The highest BCUT2D eigenvalue weighted by Crippen LogP contribution is 2.29. The van der Waals surface area contributed by atoms with E-state index in [4.69, 9.17) is 0 Å². The van der Waals surface area contributed by atoms with Crippen LogP contribution in [0.15, 0.2) is 24.3 Å². The Hall–Kier alpha value is -2.31. The third-order valence-corrected chi connectivity index (χ3v) is 3.72. The maximum absolute atomic E-state index is 12.5. The highest BCUT2D eigenvalue weighted by atomic mass is 19.4. The molecule has 0 saturated heterocycles. The predicted molar refractivity (Wildman–Crippen MR) is 80.2 cm³/mol. The van der Waals surface area contributed by atoms with Crippen LogP contribution in [-0.4, -0.2) is 22.2 Å². The molecule has 23 heavy (non-hydrogen) atoms. The van der Waals surface area contributed by atoms with Gasteiger partial charge in [0.2, 0.25) is 0 Å². The maximum Gasteiger partial charge on any atom is 0.416 e. The van der Waals surface area contributed by atoms with Crippen LogP contribution in [0, 0.1) is 13.8 Å². The number of aryl methyl sites for hydroxylation is 2. The summed E-state index contributed by atoms with van der Waals surface area (Å²) in [5.74, 6) is -0.222. The van der Waals surface area contributed by atoms with Crippen molar-refractivity contribution < 1.29 is 18.0 Å². The minimum Gasteiger partial charge on any atom is -0.352 e. The average Bonchev–Trinajstić information content (AvgIpc) is 2.71. The number of alkyl halides is 3. The number of nitrogens with zero attached hydrogens (tertiary/aromatic N) is 2. The van der Waals surface area contributed by atoms with Crippen LogP contribution in [0.5, 0.6) is 0 Å². The quantitative estimate of drug-likeness (QED) is 0.939. The molecule has 0 aliphatic heterocycles. The number of carbonyl (C=O) groups is 1. The number of halogens is 3. The molecule has 2 rings (SSSR count). The zero-order valence-corrected chi connectivity index (χ0v) is 13.2. The second-order valence-electron chi connectivity index (χ2n) is 5.37. The molecule has 0 aliphatic carbocycles. The van der Waals surface area contributed by atoms with E-state index < -0.39 is 11.7 Å². The van der Waals surface area contributed by atoms with E-state index in [9.17, 15) is 18.0 Å². The summed E-state index contributed by atoms with van der Waals surface area (Å²) < 4.78 is 39.1. The van der Waals surface area contributed by atoms with Gasteiger partial charge in [0.1, 0.15) is 0 Å². The van der Waals surface area contributed by atoms with Gasteiger partial charge in [-0.25, -0.2) is 0 Å². The average molecular weight is 325 g/mol. The number of benzene rings is 1. The molecule has 1 amide bonds. The number of nitrogens with one attached hydrogen (secondary N) is 1. The van der Waals surface area contributed by atoms with Gasteiger partial charge >= 0.3 is 6.18 Å². The first kappa shape index (κ1) is 17.1. The molecule has 0 atom stereocenters. The van der Waals surface area contributed by atoms with Crippen molar-refractivity contribution in [1.82, 2.24) is 15.1 Å². The van der Waals surface area contributed by atoms with Gasteiger partial charge in [-0.3, -0.25) is 9.48 Å². The number of amides is 1. The Kier molecular flexibility index (Phi) is 4.77. The zero-order chi connectivity index (χ0) is 17.2. The molecule has 0 aliphatic rings. The summed E-state index contributed by atoms with van der Waals surface area (Å²) in [7, 11) is 1.77. The van der Waals surface area contributed by atoms with Gasteiger partial charge in [0.25, 0.3) is 5.91 Å². The van der Waals surface area contributed by atoms with E-state index >= 15 is 0 Å². The normalized spacial score (nSPS) is 11.6. The summed E-state index contributed by atoms with van der Waals surface area (Å²) >= 11 is 0. The molecular weight excluding hydrogens is 307 g/mol. The Balaban J connectivity index is 1.93. The van der Waals surface area contributed by atoms with Gasteiger partial charge in [-0.15, -0.1) is 0 Å². The van der Waals surface area contributed by atoms with Crippen LogP contribution in [0.3, 0.4) is 0 Å². The molecule has 0 unspecified atom stereocenters. The number of rotatable bonds is 4. The molecule has 4 nitrogen and oxygen atoms in total. The monoisotopic (exact) mass is 325 g/mol. The molecule has 1 aromatic carbocycles. The fraction of sp³-hybridized carbons (Fsp3) is 0.375. The number of carbonyl (C=O) groups excluding carboxylic acids is 1. The van der Waals surface area contributed by atoms with Crippen molar-refractivity contribution >= 4 is 5.91 Å². The van der Waals surface area contributed by atoms with Crippen molar-refractivity contribution in [3.05, 3.63) is 52.3 Å². The summed E-state index contributed by atoms with van der Waals surface area (Å²) in [4.78, 5) is 12.2. The molecule has 0 radical (unpaired) electrons. The fourth-order valence-corrected chi connectivity index (χ4v) is 2.37. The Morgan fingerprint density at radius 1 is 1.22 bits per heavy atom. The maximum atomic E-state index is 12.5. The first-order valence-electron chi connectivity index (χ1n) is 7.14. The number of aromatic nitrogens is 2. The topological polar surface area (TPSA) is 46.9 Å². The zero-order valence-electron chi connectivity index (χ0n) is 13.2. The van der Waals surface area contributed by atoms with Crippen LogP contribution in [0.25, 0.3) is 0 Å². The standard InChI is InChI=1S/C16H18F3N3O/c1-10-14(11(2)22(3)21-10)15(23)20-9-8-12-4-6-13(7-5-12)16(17,18)19/h4-7H,8-9H2,1-3H3,(H,20,23). The second kappa shape index (κ2) is 6.44. The predicted octanol–water partition coefficient (Wildman–Crippen LogP) is 3.03. The SMILES string of the molecule is Cc1nn(C)c(C)c1C(=O)NCCc1ccc(C(F)(F)F)cc1. The highest BCUT2D eigenvalue weighted by Gasteiger charge is 2.29. The van der Waals surface area contributed by atoms with Gasteiger partial charge in [-0.1, -0.05) is 12.1 Å². The van der Waals surface area contributed by atoms with E-state index in [1.165, 1.54) is 12.1 Å². The number of hydrogen-bond acceptors (Lipinski definition) is 2. The molecule has 1 aromatic heterocycles. The lowest BCUT2D eigenvalue weighted by Crippen LogP contribution is -2.26. The largest absolute Gasteiger partial charge is 0.416 e. The summed E-state index contributed by atoms with van der Waals surface area (Å²) in [6.45, 7) is 3.92. The van der Waals surface area contributed by atoms with Gasteiger partial charge in [0.15, 0.2) is 0 Å². The van der Waals surface area contributed by atoms with Gasteiger partial charge in [0.05, 0.1) is 16.8 Å². The molecular formula is C16H18F3N3O. The third-order valence-electron chi connectivity index (χ3n) is 3.72. The summed E-state index contributed by atoms with van der Waals surface area (Å²) in [6.07, 6.45) is -3.87. The van der Waals surface area contributed by atoms with Crippen molar-refractivity contribution in [3.8, 4) is 0 Å². The lowest BCUT2D eigenvalue weighted by atomic mass is 10.1. The Morgan fingerprint density at radius 3 is 2.30 bits per heavy atom. The molecule has 0 bridgehead atoms. The summed E-state index contributed by atoms with van der Waals surface area (Å²) in [6, 6.07) is 4.95. The van der Waals surface area contributed by atoms with Gasteiger partial charge in [-0.2, -0.15) is 18.3 Å². The van der Waals surface area contributed by atoms with Crippen LogP contribution < -0.4 is 5.32 Å². The van der Waals surface area contributed by atoms with E-state index in [2.05, 4.69) is 10.4 Å². The third kappa shape index (κ3) is 3.91. The Morgan fingerprint density at radius 2 is 1.83 bits per heavy atom. The minimum atomic E-state index is -4.33. The van der Waals surface area contributed by atoms with Gasteiger partial charge < -0.3 is 5.32 Å². The van der Waals surface area contributed by atoms with Crippen molar-refractivity contribution in [2.75, 3.05) is 6.54 Å². The van der Waals surface area contributed by atoms with Crippen LogP contribution in [0.1, 0.15) is 32.9 Å². The molecule has 1 N–H and O–H groups in total. The molecule has 1 heterocycles. The van der Waals surface area contributed by atoms with Crippen molar-refractivity contribution in [2.45, 2.75) is 26.4 Å². The van der Waals surface area contributed by atoms with Crippen molar-refractivity contribution in [3.63, 3.8) is 0 Å². The molecule has 0 spiro atoms. The molecule has 7 heteroatoms.